The van der Waals surface area contributed by atoms with Gasteiger partial charge in [-0.1, -0.05) is 38.4 Å². The summed E-state index contributed by atoms with van der Waals surface area (Å²) < 4.78 is 0.648. The zero-order chi connectivity index (χ0) is 17.6. The van der Waals surface area contributed by atoms with Crippen LogP contribution in [0.15, 0.2) is 34.8 Å². The van der Waals surface area contributed by atoms with E-state index < -0.39 is 0 Å². The molecule has 1 unspecified atom stereocenters. The molecule has 0 fully saturated rings. The Hall–Kier alpha value is -1.52. The third kappa shape index (κ3) is 3.17. The molecular formula is C19H19BrClNO2. The van der Waals surface area contributed by atoms with Crippen LogP contribution in [0.2, 0.25) is 5.02 Å². The summed E-state index contributed by atoms with van der Waals surface area (Å²) in [5.74, 6) is -0.0395. The van der Waals surface area contributed by atoms with Gasteiger partial charge in [0, 0.05) is 16.3 Å². The molecule has 2 N–H and O–H groups in total. The van der Waals surface area contributed by atoms with Crippen molar-refractivity contribution in [2.24, 2.45) is 0 Å². The summed E-state index contributed by atoms with van der Waals surface area (Å²) in [7, 11) is 0. The molecule has 0 spiro atoms. The molecule has 0 aliphatic carbocycles. The van der Waals surface area contributed by atoms with Gasteiger partial charge in [-0.15, -0.1) is 0 Å². The highest BCUT2D eigenvalue weighted by Gasteiger charge is 2.31. The van der Waals surface area contributed by atoms with Crippen molar-refractivity contribution in [3.05, 3.63) is 56.5 Å². The number of amides is 1. The Morgan fingerprint density at radius 1 is 1.25 bits per heavy atom. The minimum Gasteiger partial charge on any atom is -0.506 e. The van der Waals surface area contributed by atoms with E-state index in [2.05, 4.69) is 42.0 Å². The molecule has 2 aromatic rings. The summed E-state index contributed by atoms with van der Waals surface area (Å²) in [4.78, 5) is 12.4. The van der Waals surface area contributed by atoms with E-state index in [0.717, 1.165) is 22.4 Å². The van der Waals surface area contributed by atoms with E-state index in [9.17, 15) is 9.90 Å². The van der Waals surface area contributed by atoms with Gasteiger partial charge < -0.3 is 10.4 Å². The van der Waals surface area contributed by atoms with Crippen molar-refractivity contribution >= 4 is 39.1 Å². The van der Waals surface area contributed by atoms with Crippen LogP contribution in [0.3, 0.4) is 0 Å². The third-order valence-electron chi connectivity index (χ3n) is 4.33. The molecule has 5 heteroatoms. The van der Waals surface area contributed by atoms with Crippen LogP contribution >= 0.6 is 27.5 Å². The van der Waals surface area contributed by atoms with Gasteiger partial charge in [0.05, 0.1) is 10.4 Å². The second-order valence-electron chi connectivity index (χ2n) is 7.20. The molecule has 1 heterocycles. The van der Waals surface area contributed by atoms with Crippen molar-refractivity contribution < 1.29 is 9.90 Å². The van der Waals surface area contributed by atoms with Gasteiger partial charge in [0.2, 0.25) is 5.91 Å². The van der Waals surface area contributed by atoms with Crippen molar-refractivity contribution in [3.63, 3.8) is 0 Å². The lowest BCUT2D eigenvalue weighted by atomic mass is 9.84. The SMILES string of the molecule is CC(C)(C)c1cc(CC2C(=O)Nc3ccc(Cl)cc32)cc(Br)c1O. The number of benzene rings is 2. The molecule has 3 nitrogen and oxygen atoms in total. The maximum Gasteiger partial charge on any atom is 0.232 e. The third-order valence-corrected chi connectivity index (χ3v) is 5.17. The molecule has 0 aromatic heterocycles. The predicted octanol–water partition coefficient (Wildman–Crippen LogP) is 5.38. The van der Waals surface area contributed by atoms with E-state index in [-0.39, 0.29) is 23.0 Å². The Balaban J connectivity index is 2.00. The number of carbonyl (C=O) groups is 1. The number of hydrogen-bond acceptors (Lipinski definition) is 2. The quantitative estimate of drug-likeness (QED) is 0.700. The molecule has 2 aromatic carbocycles. The zero-order valence-electron chi connectivity index (χ0n) is 13.8. The first-order valence-corrected chi connectivity index (χ1v) is 8.96. The molecule has 3 rings (SSSR count). The van der Waals surface area contributed by atoms with Gasteiger partial charge in [-0.25, -0.2) is 0 Å². The fourth-order valence-corrected chi connectivity index (χ4v) is 3.77. The molecule has 1 amide bonds. The number of hydrogen-bond donors (Lipinski definition) is 2. The first kappa shape index (κ1) is 17.3. The molecule has 0 bridgehead atoms. The fraction of sp³-hybridized carbons (Fsp3) is 0.316. The van der Waals surface area contributed by atoms with E-state index in [0.29, 0.717) is 15.9 Å². The van der Waals surface area contributed by atoms with Crippen molar-refractivity contribution in [1.29, 1.82) is 0 Å². The number of phenols is 1. The van der Waals surface area contributed by atoms with Crippen LogP contribution in [0.4, 0.5) is 5.69 Å². The van der Waals surface area contributed by atoms with Crippen molar-refractivity contribution in [2.45, 2.75) is 38.5 Å². The van der Waals surface area contributed by atoms with Crippen LogP contribution in [-0.2, 0) is 16.6 Å². The van der Waals surface area contributed by atoms with E-state index in [1.165, 1.54) is 0 Å². The minimum atomic E-state index is -0.275. The lowest BCUT2D eigenvalue weighted by Crippen LogP contribution is -2.16. The Labute approximate surface area is 155 Å². The fourth-order valence-electron chi connectivity index (χ4n) is 3.08. The van der Waals surface area contributed by atoms with Crippen LogP contribution < -0.4 is 5.32 Å². The van der Waals surface area contributed by atoms with E-state index in [1.807, 2.05) is 24.3 Å². The number of anilines is 1. The Morgan fingerprint density at radius 2 is 1.96 bits per heavy atom. The number of rotatable bonds is 2. The molecular weight excluding hydrogens is 390 g/mol. The van der Waals surface area contributed by atoms with Crippen LogP contribution in [0, 0.1) is 0 Å². The standard InChI is InChI=1S/C19H19BrClNO2/c1-19(2,3)14-7-10(8-15(20)17(14)23)6-13-12-9-11(21)4-5-16(12)22-18(13)24/h4-5,7-9,13,23H,6H2,1-3H3,(H,22,24). The summed E-state index contributed by atoms with van der Waals surface area (Å²) in [6, 6.07) is 9.32. The van der Waals surface area contributed by atoms with E-state index in [1.54, 1.807) is 6.07 Å². The van der Waals surface area contributed by atoms with Gasteiger partial charge in [-0.3, -0.25) is 4.79 Å². The Morgan fingerprint density at radius 3 is 2.62 bits per heavy atom. The first-order chi connectivity index (χ1) is 11.2. The van der Waals surface area contributed by atoms with Crippen LogP contribution in [0.5, 0.6) is 5.75 Å². The number of fused-ring (bicyclic) bond motifs is 1. The average Bonchev–Trinajstić information content (AvgIpc) is 2.77. The smallest absolute Gasteiger partial charge is 0.232 e. The van der Waals surface area contributed by atoms with E-state index in [4.69, 9.17) is 11.6 Å². The highest BCUT2D eigenvalue weighted by molar-refractivity contribution is 9.10. The summed E-state index contributed by atoms with van der Waals surface area (Å²) in [5.41, 5.74) is 3.41. The van der Waals surface area contributed by atoms with E-state index >= 15 is 0 Å². The molecule has 24 heavy (non-hydrogen) atoms. The molecule has 0 radical (unpaired) electrons. The summed E-state index contributed by atoms with van der Waals surface area (Å²) in [6.45, 7) is 6.15. The van der Waals surface area contributed by atoms with Gasteiger partial charge in [0.25, 0.3) is 0 Å². The lowest BCUT2D eigenvalue weighted by Gasteiger charge is -2.22. The Bertz CT molecular complexity index is 827. The van der Waals surface area contributed by atoms with Gasteiger partial charge in [0.1, 0.15) is 5.75 Å². The van der Waals surface area contributed by atoms with Crippen LogP contribution in [0.1, 0.15) is 43.4 Å². The average molecular weight is 409 g/mol. The molecule has 1 aliphatic heterocycles. The maximum absolute atomic E-state index is 12.4. The second-order valence-corrected chi connectivity index (χ2v) is 8.49. The normalized spacial score (nSPS) is 16.9. The second kappa shape index (κ2) is 6.08. The number of nitrogens with one attached hydrogen (secondary N) is 1. The summed E-state index contributed by atoms with van der Waals surface area (Å²) in [6.07, 6.45) is 0.557. The Kier molecular flexibility index (Phi) is 4.39. The highest BCUT2D eigenvalue weighted by Crippen LogP contribution is 2.40. The topological polar surface area (TPSA) is 49.3 Å². The van der Waals surface area contributed by atoms with Crippen molar-refractivity contribution in [3.8, 4) is 5.75 Å². The molecule has 0 saturated heterocycles. The minimum absolute atomic E-state index is 0.0197. The number of phenolic OH excluding ortho intramolecular Hbond substituents is 1. The molecule has 1 atom stereocenters. The number of aromatic hydroxyl groups is 1. The summed E-state index contributed by atoms with van der Waals surface area (Å²) >= 11 is 9.52. The highest BCUT2D eigenvalue weighted by atomic mass is 79.9. The van der Waals surface area contributed by atoms with Crippen molar-refractivity contribution in [2.75, 3.05) is 5.32 Å². The first-order valence-electron chi connectivity index (χ1n) is 7.79. The van der Waals surface area contributed by atoms with Gasteiger partial charge in [-0.2, -0.15) is 0 Å². The van der Waals surface area contributed by atoms with Crippen molar-refractivity contribution in [1.82, 2.24) is 0 Å². The molecule has 0 saturated carbocycles. The largest absolute Gasteiger partial charge is 0.506 e. The predicted molar refractivity (Wildman–Crippen MR) is 101 cm³/mol. The number of carbonyl (C=O) groups excluding carboxylic acids is 1. The van der Waals surface area contributed by atoms with Crippen LogP contribution in [-0.4, -0.2) is 11.0 Å². The monoisotopic (exact) mass is 407 g/mol. The zero-order valence-corrected chi connectivity index (χ0v) is 16.1. The van der Waals surface area contributed by atoms with Gasteiger partial charge in [0.15, 0.2) is 0 Å². The number of halogens is 2. The van der Waals surface area contributed by atoms with Gasteiger partial charge >= 0.3 is 0 Å². The van der Waals surface area contributed by atoms with Crippen LogP contribution in [0.25, 0.3) is 0 Å². The summed E-state index contributed by atoms with van der Waals surface area (Å²) in [5, 5.41) is 13.9. The lowest BCUT2D eigenvalue weighted by molar-refractivity contribution is -0.117. The maximum atomic E-state index is 12.4. The molecule has 126 valence electrons. The molecule has 1 aliphatic rings. The van der Waals surface area contributed by atoms with Gasteiger partial charge in [-0.05, 0) is 63.2 Å².